The van der Waals surface area contributed by atoms with Gasteiger partial charge in [0.25, 0.3) is 0 Å². The summed E-state index contributed by atoms with van der Waals surface area (Å²) in [5.74, 6) is 1.32. The predicted molar refractivity (Wildman–Crippen MR) is 189 cm³/mol. The van der Waals surface area contributed by atoms with Crippen molar-refractivity contribution in [1.29, 1.82) is 0 Å². The molecule has 0 spiro atoms. The van der Waals surface area contributed by atoms with Crippen molar-refractivity contribution in [3.8, 4) is 22.4 Å². The molecule has 0 amide bonds. The highest BCUT2D eigenvalue weighted by Crippen LogP contribution is 2.47. The van der Waals surface area contributed by atoms with E-state index in [1.807, 2.05) is 6.08 Å². The summed E-state index contributed by atoms with van der Waals surface area (Å²) in [5, 5.41) is 12.6. The average molecular weight is 605 g/mol. The molecule has 2 heterocycles. The van der Waals surface area contributed by atoms with Crippen molar-refractivity contribution in [2.45, 2.75) is 108 Å². The van der Waals surface area contributed by atoms with E-state index in [1.54, 1.807) is 0 Å². The zero-order valence-corrected chi connectivity index (χ0v) is 29.7. The summed E-state index contributed by atoms with van der Waals surface area (Å²) in [6.45, 7) is 26.1. The molecule has 1 unspecified atom stereocenters. The molecule has 3 heteroatoms. The predicted octanol–water partition coefficient (Wildman–Crippen LogP) is 10.2. The van der Waals surface area contributed by atoms with Gasteiger partial charge in [0.15, 0.2) is 0 Å². The summed E-state index contributed by atoms with van der Waals surface area (Å²) >= 11 is 0. The van der Waals surface area contributed by atoms with E-state index in [0.29, 0.717) is 5.92 Å². The van der Waals surface area contributed by atoms with Crippen molar-refractivity contribution in [2.75, 3.05) is 0 Å². The van der Waals surface area contributed by atoms with Crippen LogP contribution < -0.4 is 4.57 Å². The first-order chi connectivity index (χ1) is 20.9. The van der Waals surface area contributed by atoms with Crippen LogP contribution in [0.15, 0.2) is 72.5 Å². The molecule has 238 valence electrons. The second kappa shape index (κ2) is 11.7. The van der Waals surface area contributed by atoms with E-state index in [1.165, 1.54) is 61.1 Å². The number of hydrogen-bond donors (Lipinski definition) is 1. The first-order valence-corrected chi connectivity index (χ1v) is 16.8. The fourth-order valence-electron chi connectivity index (χ4n) is 6.76. The number of hydrogen-bond acceptors (Lipinski definition) is 2. The first kappa shape index (κ1) is 32.9. The van der Waals surface area contributed by atoms with E-state index >= 15 is 0 Å². The molecule has 4 aromatic rings. The van der Waals surface area contributed by atoms with Crippen LogP contribution in [0.3, 0.4) is 0 Å². The monoisotopic (exact) mass is 604 g/mol. The number of allylic oxidation sites excluding steroid dienone is 1. The SMILES string of the molecule is CCc1cc(C)cc2c1[C@@](C)(O/C(=C\C(O)C(C)(C)C)C(C)(C)C)[n+]1c-2cc(CC(C)C)c2cc(-c3ccc(C)cc3)ccc21. The zero-order chi connectivity index (χ0) is 33.1. The molecule has 1 aliphatic rings. The number of ether oxygens (including phenoxy) is 1. The second-order valence-electron chi connectivity index (χ2n) is 16.0. The van der Waals surface area contributed by atoms with Crippen molar-refractivity contribution < 1.29 is 14.4 Å². The van der Waals surface area contributed by atoms with Gasteiger partial charge in [-0.15, -0.1) is 4.57 Å². The van der Waals surface area contributed by atoms with Gasteiger partial charge in [0.2, 0.25) is 11.2 Å². The molecule has 5 rings (SSSR count). The number of fused-ring (bicyclic) bond motifs is 5. The lowest BCUT2D eigenvalue weighted by Gasteiger charge is -2.33. The highest BCUT2D eigenvalue weighted by atomic mass is 16.5. The molecule has 1 N–H and O–H groups in total. The van der Waals surface area contributed by atoms with Gasteiger partial charge in [-0.05, 0) is 90.1 Å². The quantitative estimate of drug-likeness (QED) is 0.168. The van der Waals surface area contributed by atoms with Crippen LogP contribution in [0.2, 0.25) is 0 Å². The second-order valence-corrected chi connectivity index (χ2v) is 16.0. The van der Waals surface area contributed by atoms with Gasteiger partial charge in [-0.25, -0.2) is 0 Å². The van der Waals surface area contributed by atoms with E-state index in [2.05, 4.69) is 148 Å². The molecule has 0 fully saturated rings. The molecule has 1 aromatic heterocycles. The van der Waals surface area contributed by atoms with Gasteiger partial charge >= 0.3 is 5.72 Å². The lowest BCUT2D eigenvalue weighted by Crippen LogP contribution is -2.56. The van der Waals surface area contributed by atoms with Gasteiger partial charge in [-0.3, -0.25) is 0 Å². The molecule has 3 nitrogen and oxygen atoms in total. The minimum Gasteiger partial charge on any atom is -0.432 e. The molecule has 45 heavy (non-hydrogen) atoms. The van der Waals surface area contributed by atoms with Gasteiger partial charge in [0, 0.05) is 24.5 Å². The van der Waals surface area contributed by atoms with Gasteiger partial charge in [0.1, 0.15) is 5.76 Å². The molecular weight excluding hydrogens is 550 g/mol. The van der Waals surface area contributed by atoms with E-state index in [9.17, 15) is 5.11 Å². The fourth-order valence-corrected chi connectivity index (χ4v) is 6.76. The Kier molecular flexibility index (Phi) is 8.59. The van der Waals surface area contributed by atoms with Gasteiger partial charge in [-0.1, -0.05) is 98.2 Å². The maximum absolute atomic E-state index is 11.3. The lowest BCUT2D eigenvalue weighted by molar-refractivity contribution is -0.755. The van der Waals surface area contributed by atoms with Crippen molar-refractivity contribution in [1.82, 2.24) is 0 Å². The summed E-state index contributed by atoms with van der Waals surface area (Å²) in [7, 11) is 0. The molecule has 1 aliphatic heterocycles. The minimum atomic E-state index is -0.819. The third-order valence-corrected chi connectivity index (χ3v) is 9.30. The Bertz CT molecular complexity index is 1760. The highest BCUT2D eigenvalue weighted by Gasteiger charge is 2.54. The van der Waals surface area contributed by atoms with E-state index in [4.69, 9.17) is 4.74 Å². The largest absolute Gasteiger partial charge is 0.432 e. The Morgan fingerprint density at radius 2 is 1.51 bits per heavy atom. The summed E-state index contributed by atoms with van der Waals surface area (Å²) in [6.07, 6.45) is 3.21. The first-order valence-electron chi connectivity index (χ1n) is 16.8. The number of aromatic nitrogens is 1. The smallest absolute Gasteiger partial charge is 0.337 e. The maximum Gasteiger partial charge on any atom is 0.337 e. The van der Waals surface area contributed by atoms with Crippen LogP contribution in [0.4, 0.5) is 0 Å². The molecular formula is C42H54NO2+. The summed E-state index contributed by atoms with van der Waals surface area (Å²) in [4.78, 5) is 0. The van der Waals surface area contributed by atoms with Crippen molar-refractivity contribution in [3.63, 3.8) is 0 Å². The Balaban J connectivity index is 1.85. The van der Waals surface area contributed by atoms with Crippen LogP contribution in [0.1, 0.15) is 97.1 Å². The third-order valence-electron chi connectivity index (χ3n) is 9.30. The summed E-state index contributed by atoms with van der Waals surface area (Å²) < 4.78 is 9.83. The maximum atomic E-state index is 11.3. The normalized spacial score (nSPS) is 17.5. The van der Waals surface area contributed by atoms with Crippen LogP contribution in [-0.4, -0.2) is 11.2 Å². The molecule has 2 atom stereocenters. The average Bonchev–Trinajstić information content (AvgIpc) is 3.18. The van der Waals surface area contributed by atoms with E-state index in [-0.39, 0.29) is 10.8 Å². The molecule has 0 radical (unpaired) electrons. The molecule has 0 bridgehead atoms. The van der Waals surface area contributed by atoms with Crippen LogP contribution in [-0.2, 0) is 23.3 Å². The van der Waals surface area contributed by atoms with E-state index in [0.717, 1.165) is 18.6 Å². The lowest BCUT2D eigenvalue weighted by atomic mass is 9.85. The zero-order valence-electron chi connectivity index (χ0n) is 29.7. The van der Waals surface area contributed by atoms with Crippen LogP contribution in [0, 0.1) is 30.6 Å². The molecule has 0 saturated carbocycles. The highest BCUT2D eigenvalue weighted by molar-refractivity contribution is 5.88. The Morgan fingerprint density at radius 3 is 2.09 bits per heavy atom. The number of benzene rings is 3. The van der Waals surface area contributed by atoms with Gasteiger partial charge in [0.05, 0.1) is 22.6 Å². The summed E-state index contributed by atoms with van der Waals surface area (Å²) in [6, 6.07) is 22.9. The Morgan fingerprint density at radius 1 is 0.867 bits per heavy atom. The van der Waals surface area contributed by atoms with Crippen molar-refractivity contribution in [2.24, 2.45) is 16.7 Å². The minimum absolute atomic E-state index is 0.310. The number of aliphatic hydroxyl groups is 1. The van der Waals surface area contributed by atoms with Crippen molar-refractivity contribution in [3.05, 3.63) is 100 Å². The Hall–Kier alpha value is -3.43. The standard InChI is InChI=1S/C42H54NO2/c1-13-29-21-28(5)22-34-36-24-32(20-26(2)3)33-23-31(30-16-14-27(4)15-17-30)18-19-35(33)43(36)42(12,39(29)34)45-38(41(9,10)11)25-37(44)40(6,7)8/h14-19,21-26,37,44H,13,20H2,1-12H3/q+1/b38-25-/t37?,42-/m1/s1. The number of aryl methyl sites for hydroxylation is 3. The molecule has 0 aliphatic carbocycles. The van der Waals surface area contributed by atoms with Gasteiger partial charge in [-0.2, -0.15) is 0 Å². The van der Waals surface area contributed by atoms with Crippen molar-refractivity contribution >= 4 is 10.9 Å². The van der Waals surface area contributed by atoms with Gasteiger partial charge < -0.3 is 9.84 Å². The fraction of sp³-hybridized carbons (Fsp3) is 0.452. The van der Waals surface area contributed by atoms with Crippen LogP contribution in [0.5, 0.6) is 0 Å². The summed E-state index contributed by atoms with van der Waals surface area (Å²) in [5.41, 5.74) is 11.0. The molecule has 0 saturated heterocycles. The third kappa shape index (κ3) is 6.21. The topological polar surface area (TPSA) is 33.3 Å². The van der Waals surface area contributed by atoms with Crippen LogP contribution in [0.25, 0.3) is 33.3 Å². The van der Waals surface area contributed by atoms with E-state index < -0.39 is 11.8 Å². The number of rotatable bonds is 7. The number of aliphatic hydroxyl groups excluding tert-OH is 1. The Labute approximate surface area is 272 Å². The van der Waals surface area contributed by atoms with Crippen LogP contribution >= 0.6 is 0 Å². The number of pyridine rings is 1. The number of nitrogens with zero attached hydrogens (tertiary/aromatic N) is 1. The molecule has 3 aromatic carbocycles.